The van der Waals surface area contributed by atoms with Gasteiger partial charge in [0.05, 0.1) is 18.7 Å². The van der Waals surface area contributed by atoms with Gasteiger partial charge < -0.3 is 20.1 Å². The van der Waals surface area contributed by atoms with Crippen LogP contribution in [0.4, 0.5) is 5.69 Å². The highest BCUT2D eigenvalue weighted by atomic mass is 35.5. The summed E-state index contributed by atoms with van der Waals surface area (Å²) >= 11 is 5.98. The van der Waals surface area contributed by atoms with Crippen molar-refractivity contribution in [3.05, 3.63) is 23.2 Å². The molecular weight excluding hydrogens is 308 g/mol. The van der Waals surface area contributed by atoms with Gasteiger partial charge in [-0.2, -0.15) is 0 Å². The number of anilines is 1. The number of ether oxygens (including phenoxy) is 2. The third-order valence-corrected chi connectivity index (χ3v) is 3.75. The summed E-state index contributed by atoms with van der Waals surface area (Å²) in [5.74, 6) is 0.0531. The highest BCUT2D eigenvalue weighted by Crippen LogP contribution is 2.27. The topological polar surface area (TPSA) is 76.7 Å². The van der Waals surface area contributed by atoms with E-state index in [9.17, 15) is 9.59 Å². The molecule has 2 amide bonds. The summed E-state index contributed by atoms with van der Waals surface area (Å²) < 4.78 is 10.2. The molecule has 120 valence electrons. The molecule has 1 saturated heterocycles. The van der Waals surface area contributed by atoms with Crippen molar-refractivity contribution >= 4 is 29.1 Å². The van der Waals surface area contributed by atoms with Crippen LogP contribution in [0.1, 0.15) is 12.8 Å². The predicted molar refractivity (Wildman–Crippen MR) is 83.2 cm³/mol. The summed E-state index contributed by atoms with van der Waals surface area (Å²) in [6.45, 7) is 1.11. The van der Waals surface area contributed by atoms with E-state index in [1.54, 1.807) is 18.2 Å². The fourth-order valence-corrected chi connectivity index (χ4v) is 2.48. The van der Waals surface area contributed by atoms with E-state index in [0.29, 0.717) is 42.5 Å². The SMILES string of the molecule is COc1ccc(NC(=O)CNC(=O)C2CCOCC2)cc1Cl. The van der Waals surface area contributed by atoms with E-state index in [-0.39, 0.29) is 24.3 Å². The Bertz CT molecular complexity index is 544. The Hall–Kier alpha value is -1.79. The van der Waals surface area contributed by atoms with Crippen LogP contribution in [0.5, 0.6) is 5.75 Å². The van der Waals surface area contributed by atoms with Crippen LogP contribution in [-0.2, 0) is 14.3 Å². The summed E-state index contributed by atoms with van der Waals surface area (Å²) in [7, 11) is 1.52. The normalized spacial score (nSPS) is 15.2. The van der Waals surface area contributed by atoms with Gasteiger partial charge in [-0.15, -0.1) is 0 Å². The molecule has 0 atom stereocenters. The van der Waals surface area contributed by atoms with Gasteiger partial charge in [-0.25, -0.2) is 0 Å². The quantitative estimate of drug-likeness (QED) is 0.865. The minimum absolute atomic E-state index is 0.0696. The maximum Gasteiger partial charge on any atom is 0.243 e. The average molecular weight is 327 g/mol. The lowest BCUT2D eigenvalue weighted by Crippen LogP contribution is -2.38. The number of benzene rings is 1. The molecule has 0 spiro atoms. The van der Waals surface area contributed by atoms with Crippen LogP contribution in [0.25, 0.3) is 0 Å². The molecule has 0 unspecified atom stereocenters. The standard InChI is InChI=1S/C15H19ClN2O4/c1-21-13-3-2-11(8-12(13)16)18-14(19)9-17-15(20)10-4-6-22-7-5-10/h2-3,8,10H,4-7,9H2,1H3,(H,17,20)(H,18,19). The highest BCUT2D eigenvalue weighted by Gasteiger charge is 2.21. The predicted octanol–water partition coefficient (Wildman–Crippen LogP) is 1.83. The summed E-state index contributed by atoms with van der Waals surface area (Å²) in [6.07, 6.45) is 1.39. The van der Waals surface area contributed by atoms with Crippen LogP contribution < -0.4 is 15.4 Å². The first-order valence-electron chi connectivity index (χ1n) is 7.09. The molecule has 1 fully saturated rings. The fraction of sp³-hybridized carbons (Fsp3) is 0.467. The van der Waals surface area contributed by atoms with E-state index in [1.807, 2.05) is 0 Å². The lowest BCUT2D eigenvalue weighted by molar-refractivity contribution is -0.129. The van der Waals surface area contributed by atoms with E-state index in [1.165, 1.54) is 7.11 Å². The number of amides is 2. The molecule has 0 bridgehead atoms. The molecule has 22 heavy (non-hydrogen) atoms. The molecule has 0 radical (unpaired) electrons. The van der Waals surface area contributed by atoms with Crippen molar-refractivity contribution in [1.29, 1.82) is 0 Å². The molecule has 0 aliphatic carbocycles. The zero-order chi connectivity index (χ0) is 15.9. The minimum atomic E-state index is -0.304. The number of methoxy groups -OCH3 is 1. The first kappa shape index (κ1) is 16.6. The second kappa shape index (κ2) is 8.00. The summed E-state index contributed by atoms with van der Waals surface area (Å²) in [6, 6.07) is 4.94. The number of hydrogen-bond acceptors (Lipinski definition) is 4. The first-order chi connectivity index (χ1) is 10.6. The van der Waals surface area contributed by atoms with Crippen molar-refractivity contribution in [1.82, 2.24) is 5.32 Å². The van der Waals surface area contributed by atoms with Gasteiger partial charge >= 0.3 is 0 Å². The molecule has 1 heterocycles. The third kappa shape index (κ3) is 4.61. The molecule has 1 aliphatic heterocycles. The van der Waals surface area contributed by atoms with Crippen molar-refractivity contribution in [2.75, 3.05) is 32.2 Å². The Kier molecular flexibility index (Phi) is 6.03. The van der Waals surface area contributed by atoms with Crippen LogP contribution in [0.2, 0.25) is 5.02 Å². The highest BCUT2D eigenvalue weighted by molar-refractivity contribution is 6.32. The Balaban J connectivity index is 1.80. The molecule has 1 aromatic rings. The number of hydrogen-bond donors (Lipinski definition) is 2. The Morgan fingerprint density at radius 1 is 1.36 bits per heavy atom. The number of halogens is 1. The van der Waals surface area contributed by atoms with E-state index in [4.69, 9.17) is 21.1 Å². The summed E-state index contributed by atoms with van der Waals surface area (Å²) in [4.78, 5) is 23.7. The van der Waals surface area contributed by atoms with Crippen molar-refractivity contribution in [2.45, 2.75) is 12.8 Å². The van der Waals surface area contributed by atoms with Gasteiger partial charge in [-0.05, 0) is 31.0 Å². The van der Waals surface area contributed by atoms with Gasteiger partial charge in [0.25, 0.3) is 0 Å². The van der Waals surface area contributed by atoms with Crippen LogP contribution in [-0.4, -0.2) is 38.7 Å². The van der Waals surface area contributed by atoms with Crippen molar-refractivity contribution < 1.29 is 19.1 Å². The van der Waals surface area contributed by atoms with Crippen LogP contribution in [0.3, 0.4) is 0 Å². The molecule has 1 aliphatic rings. The molecule has 7 heteroatoms. The second-order valence-electron chi connectivity index (χ2n) is 5.00. The van der Waals surface area contributed by atoms with Gasteiger partial charge in [0, 0.05) is 24.8 Å². The lowest BCUT2D eigenvalue weighted by Gasteiger charge is -2.21. The Morgan fingerprint density at radius 3 is 2.73 bits per heavy atom. The molecule has 0 saturated carbocycles. The minimum Gasteiger partial charge on any atom is -0.495 e. The van der Waals surface area contributed by atoms with Crippen LogP contribution in [0, 0.1) is 5.92 Å². The van der Waals surface area contributed by atoms with E-state index in [0.717, 1.165) is 0 Å². The largest absolute Gasteiger partial charge is 0.495 e. The van der Waals surface area contributed by atoms with Crippen LogP contribution >= 0.6 is 11.6 Å². The van der Waals surface area contributed by atoms with Crippen LogP contribution in [0.15, 0.2) is 18.2 Å². The smallest absolute Gasteiger partial charge is 0.243 e. The number of carbonyl (C=O) groups excluding carboxylic acids is 2. The van der Waals surface area contributed by atoms with E-state index >= 15 is 0 Å². The monoisotopic (exact) mass is 326 g/mol. The molecule has 2 N–H and O–H groups in total. The molecular formula is C15H19ClN2O4. The van der Waals surface area contributed by atoms with E-state index in [2.05, 4.69) is 10.6 Å². The first-order valence-corrected chi connectivity index (χ1v) is 7.47. The van der Waals surface area contributed by atoms with Crippen molar-refractivity contribution in [2.24, 2.45) is 5.92 Å². The Morgan fingerprint density at radius 2 is 2.09 bits per heavy atom. The van der Waals surface area contributed by atoms with Crippen molar-refractivity contribution in [3.8, 4) is 5.75 Å². The zero-order valence-corrected chi connectivity index (χ0v) is 13.1. The van der Waals surface area contributed by atoms with Gasteiger partial charge in [0.15, 0.2) is 0 Å². The van der Waals surface area contributed by atoms with Gasteiger partial charge in [-0.3, -0.25) is 9.59 Å². The third-order valence-electron chi connectivity index (χ3n) is 3.45. The molecule has 2 rings (SSSR count). The molecule has 1 aromatic carbocycles. The maximum absolute atomic E-state index is 11.9. The molecule has 0 aromatic heterocycles. The van der Waals surface area contributed by atoms with E-state index < -0.39 is 0 Å². The zero-order valence-electron chi connectivity index (χ0n) is 12.4. The number of carbonyl (C=O) groups is 2. The van der Waals surface area contributed by atoms with Gasteiger partial charge in [0.1, 0.15) is 5.75 Å². The van der Waals surface area contributed by atoms with Gasteiger partial charge in [-0.1, -0.05) is 11.6 Å². The maximum atomic E-state index is 11.9. The number of nitrogens with one attached hydrogen (secondary N) is 2. The Labute approximate surface area is 134 Å². The summed E-state index contributed by atoms with van der Waals surface area (Å²) in [5, 5.41) is 5.73. The number of rotatable bonds is 5. The van der Waals surface area contributed by atoms with Crippen molar-refractivity contribution in [3.63, 3.8) is 0 Å². The average Bonchev–Trinajstić information content (AvgIpc) is 2.53. The second-order valence-corrected chi connectivity index (χ2v) is 5.41. The summed E-state index contributed by atoms with van der Waals surface area (Å²) in [5.41, 5.74) is 0.552. The lowest BCUT2D eigenvalue weighted by atomic mass is 9.99. The fourth-order valence-electron chi connectivity index (χ4n) is 2.22. The van der Waals surface area contributed by atoms with Gasteiger partial charge in [0.2, 0.25) is 11.8 Å². The molecule has 6 nitrogen and oxygen atoms in total.